The predicted molar refractivity (Wildman–Crippen MR) is 81.5 cm³/mol. The Morgan fingerprint density at radius 2 is 2.00 bits per heavy atom. The van der Waals surface area contributed by atoms with Gasteiger partial charge in [-0.05, 0) is 38.8 Å². The van der Waals surface area contributed by atoms with E-state index < -0.39 is 4.92 Å². The van der Waals surface area contributed by atoms with Gasteiger partial charge >= 0.3 is 0 Å². The molecule has 3 N–H and O–H groups in total. The quantitative estimate of drug-likeness (QED) is 0.593. The molecule has 1 heterocycles. The molecule has 3 rings (SSSR count). The summed E-state index contributed by atoms with van der Waals surface area (Å²) in [4.78, 5) is 17.9. The molecule has 0 aliphatic heterocycles. The number of imidazole rings is 1. The van der Waals surface area contributed by atoms with Crippen LogP contribution >= 0.6 is 0 Å². The van der Waals surface area contributed by atoms with E-state index in [2.05, 4.69) is 20.6 Å². The summed E-state index contributed by atoms with van der Waals surface area (Å²) < 4.78 is 0. The van der Waals surface area contributed by atoms with Crippen molar-refractivity contribution >= 4 is 22.7 Å². The molecular weight excluding hydrogens is 270 g/mol. The first-order valence-electron chi connectivity index (χ1n) is 7.23. The van der Waals surface area contributed by atoms with Crippen molar-refractivity contribution in [2.75, 3.05) is 12.4 Å². The fourth-order valence-corrected chi connectivity index (χ4v) is 2.90. The Kier molecular flexibility index (Phi) is 3.74. The summed E-state index contributed by atoms with van der Waals surface area (Å²) in [6.07, 6.45) is 4.51. The molecule has 112 valence electrons. The number of aromatic nitrogens is 2. The third-order valence-electron chi connectivity index (χ3n) is 4.15. The molecule has 1 saturated carbocycles. The van der Waals surface area contributed by atoms with Crippen LogP contribution in [0.5, 0.6) is 0 Å². The maximum absolute atomic E-state index is 10.8. The first-order valence-corrected chi connectivity index (χ1v) is 7.23. The minimum Gasteiger partial charge on any atom is -0.353 e. The number of hydrogen-bond donors (Lipinski definition) is 3. The largest absolute Gasteiger partial charge is 0.353 e. The van der Waals surface area contributed by atoms with E-state index in [9.17, 15) is 10.1 Å². The van der Waals surface area contributed by atoms with Crippen LogP contribution in [0.15, 0.2) is 18.2 Å². The van der Waals surface area contributed by atoms with E-state index in [1.807, 2.05) is 7.05 Å². The second-order valence-electron chi connectivity index (χ2n) is 5.53. The number of non-ortho nitro benzene ring substituents is 1. The number of benzene rings is 1. The highest BCUT2D eigenvalue weighted by atomic mass is 16.6. The zero-order chi connectivity index (χ0) is 14.8. The third-order valence-corrected chi connectivity index (χ3v) is 4.15. The van der Waals surface area contributed by atoms with E-state index in [4.69, 9.17) is 0 Å². The highest BCUT2D eigenvalue weighted by Crippen LogP contribution is 2.24. The average Bonchev–Trinajstić information content (AvgIpc) is 2.89. The van der Waals surface area contributed by atoms with E-state index in [1.165, 1.54) is 12.1 Å². The summed E-state index contributed by atoms with van der Waals surface area (Å²) in [5, 5.41) is 17.5. The first kappa shape index (κ1) is 13.8. The summed E-state index contributed by atoms with van der Waals surface area (Å²) in [6, 6.07) is 5.69. The Morgan fingerprint density at radius 1 is 1.29 bits per heavy atom. The van der Waals surface area contributed by atoms with Gasteiger partial charge in [-0.2, -0.15) is 0 Å². The summed E-state index contributed by atoms with van der Waals surface area (Å²) in [5.74, 6) is 0.693. The fraction of sp³-hybridized carbons (Fsp3) is 0.500. The number of H-pyrrole nitrogens is 1. The third kappa shape index (κ3) is 2.97. The second-order valence-corrected chi connectivity index (χ2v) is 5.53. The molecule has 0 unspecified atom stereocenters. The van der Waals surface area contributed by atoms with Crippen LogP contribution in [0.3, 0.4) is 0 Å². The number of aromatic amines is 1. The van der Waals surface area contributed by atoms with Crippen molar-refractivity contribution in [3.63, 3.8) is 0 Å². The maximum atomic E-state index is 10.8. The minimum absolute atomic E-state index is 0.0761. The first-order chi connectivity index (χ1) is 10.2. The average molecular weight is 289 g/mol. The molecule has 0 amide bonds. The van der Waals surface area contributed by atoms with Crippen molar-refractivity contribution < 1.29 is 4.92 Å². The zero-order valence-electron chi connectivity index (χ0n) is 11.9. The van der Waals surface area contributed by atoms with E-state index in [-0.39, 0.29) is 5.69 Å². The molecule has 0 radical (unpaired) electrons. The lowest BCUT2D eigenvalue weighted by Crippen LogP contribution is -2.35. The number of nitro benzene ring substituents is 1. The monoisotopic (exact) mass is 289 g/mol. The van der Waals surface area contributed by atoms with Crippen LogP contribution in [0.2, 0.25) is 0 Å². The molecule has 0 spiro atoms. The van der Waals surface area contributed by atoms with Gasteiger partial charge in [-0.25, -0.2) is 4.98 Å². The van der Waals surface area contributed by atoms with Crippen molar-refractivity contribution in [2.45, 2.75) is 37.8 Å². The molecule has 7 nitrogen and oxygen atoms in total. The predicted octanol–water partition coefficient (Wildman–Crippen LogP) is 2.41. The number of hydrogen-bond acceptors (Lipinski definition) is 5. The van der Waals surface area contributed by atoms with Crippen molar-refractivity contribution in [3.8, 4) is 0 Å². The van der Waals surface area contributed by atoms with Crippen LogP contribution in [-0.2, 0) is 0 Å². The lowest BCUT2D eigenvalue weighted by Gasteiger charge is -2.28. The van der Waals surface area contributed by atoms with Crippen LogP contribution in [0, 0.1) is 10.1 Å². The molecule has 1 fully saturated rings. The number of nitrogens with one attached hydrogen (secondary N) is 3. The number of fused-ring (bicyclic) bond motifs is 1. The summed E-state index contributed by atoms with van der Waals surface area (Å²) in [5.41, 5.74) is 1.51. The molecule has 1 aromatic carbocycles. The highest BCUT2D eigenvalue weighted by molar-refractivity contribution is 5.79. The van der Waals surface area contributed by atoms with Crippen LogP contribution < -0.4 is 10.6 Å². The van der Waals surface area contributed by atoms with Gasteiger partial charge in [0, 0.05) is 24.2 Å². The smallest absolute Gasteiger partial charge is 0.271 e. The Labute approximate surface area is 122 Å². The molecule has 2 aromatic rings. The van der Waals surface area contributed by atoms with Gasteiger partial charge in [0.05, 0.1) is 16.0 Å². The van der Waals surface area contributed by atoms with Crippen LogP contribution in [0.1, 0.15) is 25.7 Å². The molecule has 0 saturated heterocycles. The molecular formula is C14H19N5O2. The van der Waals surface area contributed by atoms with Gasteiger partial charge in [0.2, 0.25) is 5.95 Å². The van der Waals surface area contributed by atoms with Crippen molar-refractivity contribution in [1.82, 2.24) is 15.3 Å². The highest BCUT2D eigenvalue weighted by Gasteiger charge is 2.20. The lowest BCUT2D eigenvalue weighted by molar-refractivity contribution is -0.384. The summed E-state index contributed by atoms with van der Waals surface area (Å²) in [6.45, 7) is 0. The number of anilines is 1. The van der Waals surface area contributed by atoms with Gasteiger partial charge in [-0.3, -0.25) is 10.1 Å². The molecule has 1 aliphatic carbocycles. The van der Waals surface area contributed by atoms with Crippen LogP contribution in [0.4, 0.5) is 11.6 Å². The molecule has 7 heteroatoms. The Bertz CT molecular complexity index is 646. The minimum atomic E-state index is -0.396. The second kappa shape index (κ2) is 5.69. The number of nitro groups is 1. The molecule has 1 aliphatic rings. The SMILES string of the molecule is CNC1CCC(Nc2nc3ccc([N+](=O)[O-])cc3[nH]2)CC1. The standard InChI is InChI=1S/C14H19N5O2/c1-15-9-2-4-10(5-3-9)16-14-17-12-7-6-11(19(20)21)8-13(12)18-14/h6-10,15H,2-5H2,1H3,(H2,16,17,18). The Hall–Kier alpha value is -2.15. The molecule has 1 aromatic heterocycles. The van der Waals surface area contributed by atoms with Crippen LogP contribution in [0.25, 0.3) is 11.0 Å². The van der Waals surface area contributed by atoms with Crippen molar-refractivity contribution in [3.05, 3.63) is 28.3 Å². The van der Waals surface area contributed by atoms with Gasteiger partial charge in [0.25, 0.3) is 5.69 Å². The van der Waals surface area contributed by atoms with Crippen LogP contribution in [-0.4, -0.2) is 34.0 Å². The van der Waals surface area contributed by atoms with E-state index in [0.717, 1.165) is 31.2 Å². The Morgan fingerprint density at radius 3 is 2.67 bits per heavy atom. The van der Waals surface area contributed by atoms with E-state index in [1.54, 1.807) is 6.07 Å². The van der Waals surface area contributed by atoms with Gasteiger partial charge in [0.15, 0.2) is 0 Å². The maximum Gasteiger partial charge on any atom is 0.271 e. The number of rotatable bonds is 4. The lowest BCUT2D eigenvalue weighted by atomic mass is 9.91. The van der Waals surface area contributed by atoms with Gasteiger partial charge in [-0.1, -0.05) is 0 Å². The Balaban J connectivity index is 1.71. The van der Waals surface area contributed by atoms with Gasteiger partial charge in [0.1, 0.15) is 0 Å². The molecule has 21 heavy (non-hydrogen) atoms. The normalized spacial score (nSPS) is 22.3. The molecule has 0 bridgehead atoms. The summed E-state index contributed by atoms with van der Waals surface area (Å²) in [7, 11) is 2.00. The topological polar surface area (TPSA) is 95.9 Å². The van der Waals surface area contributed by atoms with Gasteiger partial charge < -0.3 is 15.6 Å². The fourth-order valence-electron chi connectivity index (χ4n) is 2.90. The van der Waals surface area contributed by atoms with Crippen molar-refractivity contribution in [1.29, 1.82) is 0 Å². The van der Waals surface area contributed by atoms with Crippen molar-refractivity contribution in [2.24, 2.45) is 0 Å². The van der Waals surface area contributed by atoms with E-state index in [0.29, 0.717) is 23.5 Å². The van der Waals surface area contributed by atoms with Gasteiger partial charge in [-0.15, -0.1) is 0 Å². The summed E-state index contributed by atoms with van der Waals surface area (Å²) >= 11 is 0. The molecule has 0 atom stereocenters. The van der Waals surface area contributed by atoms with E-state index >= 15 is 0 Å². The number of nitrogens with zero attached hydrogens (tertiary/aromatic N) is 2. The zero-order valence-corrected chi connectivity index (χ0v) is 11.9.